The van der Waals surface area contributed by atoms with Gasteiger partial charge >= 0.3 is 0 Å². The maximum absolute atomic E-state index is 13.8. The lowest BCUT2D eigenvalue weighted by Gasteiger charge is -2.30. The van der Waals surface area contributed by atoms with Crippen LogP contribution >= 0.6 is 11.6 Å². The van der Waals surface area contributed by atoms with E-state index in [0.717, 1.165) is 11.1 Å². The van der Waals surface area contributed by atoms with E-state index < -0.39 is 6.04 Å². The molecule has 3 aromatic carbocycles. The highest BCUT2D eigenvalue weighted by molar-refractivity contribution is 6.31. The molecule has 5 rings (SSSR count). The van der Waals surface area contributed by atoms with E-state index in [0.29, 0.717) is 34.0 Å². The number of aryl methyl sites for hydroxylation is 1. The number of furan rings is 1. The van der Waals surface area contributed by atoms with Crippen molar-refractivity contribution >= 4 is 28.4 Å². The van der Waals surface area contributed by atoms with Crippen molar-refractivity contribution in [1.82, 2.24) is 14.5 Å². The van der Waals surface area contributed by atoms with Crippen LogP contribution in [0.5, 0.6) is 0 Å². The van der Waals surface area contributed by atoms with E-state index >= 15 is 0 Å². The SMILES string of the molecule is Cc1ccc(-n2c(C(C)N(Cc3ccccc3)C(=O)c3ccco3)nc3cc(Cl)ccc3c2=O)cc1. The number of hydrogen-bond acceptors (Lipinski definition) is 4. The molecule has 0 aliphatic carbocycles. The molecule has 0 N–H and O–H groups in total. The lowest BCUT2D eigenvalue weighted by atomic mass is 10.1. The molecule has 0 aliphatic heterocycles. The van der Waals surface area contributed by atoms with Crippen LogP contribution in [0.15, 0.2) is 100 Å². The van der Waals surface area contributed by atoms with E-state index in [4.69, 9.17) is 21.0 Å². The number of nitrogens with zero attached hydrogens (tertiary/aromatic N) is 3. The van der Waals surface area contributed by atoms with E-state index in [-0.39, 0.29) is 17.2 Å². The topological polar surface area (TPSA) is 68.3 Å². The van der Waals surface area contributed by atoms with Crippen molar-refractivity contribution in [3.63, 3.8) is 0 Å². The van der Waals surface area contributed by atoms with Gasteiger partial charge < -0.3 is 9.32 Å². The molecule has 0 saturated carbocycles. The molecule has 36 heavy (non-hydrogen) atoms. The van der Waals surface area contributed by atoms with E-state index in [2.05, 4.69) is 0 Å². The van der Waals surface area contributed by atoms with Crippen LogP contribution in [-0.4, -0.2) is 20.4 Å². The van der Waals surface area contributed by atoms with Gasteiger partial charge in [-0.3, -0.25) is 14.2 Å². The molecule has 0 aliphatic rings. The minimum absolute atomic E-state index is 0.214. The van der Waals surface area contributed by atoms with Crippen molar-refractivity contribution in [1.29, 1.82) is 0 Å². The molecule has 0 saturated heterocycles. The second-order valence-corrected chi connectivity index (χ2v) is 9.12. The Bertz CT molecular complexity index is 1580. The first-order valence-corrected chi connectivity index (χ1v) is 12.0. The number of rotatable bonds is 6. The first-order valence-electron chi connectivity index (χ1n) is 11.6. The molecule has 7 heteroatoms. The van der Waals surface area contributed by atoms with E-state index in [1.165, 1.54) is 6.26 Å². The highest BCUT2D eigenvalue weighted by Gasteiger charge is 2.29. The molecule has 0 fully saturated rings. The van der Waals surface area contributed by atoms with Crippen molar-refractivity contribution in [2.45, 2.75) is 26.4 Å². The van der Waals surface area contributed by atoms with Crippen molar-refractivity contribution in [3.05, 3.63) is 129 Å². The molecule has 1 atom stereocenters. The summed E-state index contributed by atoms with van der Waals surface area (Å²) in [4.78, 5) is 33.9. The van der Waals surface area contributed by atoms with Gasteiger partial charge in [-0.2, -0.15) is 0 Å². The molecule has 180 valence electrons. The summed E-state index contributed by atoms with van der Waals surface area (Å²) in [5, 5.41) is 0.928. The Labute approximate surface area is 213 Å². The molecule has 1 unspecified atom stereocenters. The maximum Gasteiger partial charge on any atom is 0.290 e. The molecule has 2 aromatic heterocycles. The second kappa shape index (κ2) is 9.84. The van der Waals surface area contributed by atoms with Crippen LogP contribution in [0.25, 0.3) is 16.6 Å². The smallest absolute Gasteiger partial charge is 0.290 e. The van der Waals surface area contributed by atoms with Crippen LogP contribution in [0.1, 0.15) is 40.5 Å². The molecule has 2 heterocycles. The van der Waals surface area contributed by atoms with E-state index in [1.807, 2.05) is 68.4 Å². The number of aromatic nitrogens is 2. The zero-order valence-electron chi connectivity index (χ0n) is 19.9. The van der Waals surface area contributed by atoms with Gasteiger partial charge in [-0.05, 0) is 61.9 Å². The summed E-state index contributed by atoms with van der Waals surface area (Å²) in [5.74, 6) is 0.340. The van der Waals surface area contributed by atoms with Crippen LogP contribution in [0.4, 0.5) is 0 Å². The average molecular weight is 498 g/mol. The zero-order chi connectivity index (χ0) is 25.2. The highest BCUT2D eigenvalue weighted by Crippen LogP contribution is 2.27. The standard InChI is InChI=1S/C29H24ClN3O3/c1-19-10-13-23(14-11-19)33-27(31-25-17-22(30)12-15-24(25)28(33)34)20(2)32(18-21-7-4-3-5-8-21)29(35)26-9-6-16-36-26/h3-17,20H,18H2,1-2H3. The first-order chi connectivity index (χ1) is 17.4. The van der Waals surface area contributed by atoms with Gasteiger partial charge in [-0.1, -0.05) is 59.6 Å². The van der Waals surface area contributed by atoms with Gasteiger partial charge in [0.1, 0.15) is 5.82 Å². The van der Waals surface area contributed by atoms with Gasteiger partial charge in [0.15, 0.2) is 5.76 Å². The number of amides is 1. The number of benzene rings is 3. The molecule has 0 radical (unpaired) electrons. The summed E-state index contributed by atoms with van der Waals surface area (Å²) in [5.41, 5.74) is 2.93. The molecule has 0 spiro atoms. The second-order valence-electron chi connectivity index (χ2n) is 8.68. The summed E-state index contributed by atoms with van der Waals surface area (Å²) in [6.45, 7) is 4.16. The third-order valence-corrected chi connectivity index (χ3v) is 6.41. The lowest BCUT2D eigenvalue weighted by molar-refractivity contribution is 0.0631. The van der Waals surface area contributed by atoms with Crippen LogP contribution in [0.3, 0.4) is 0 Å². The number of carbonyl (C=O) groups is 1. The third kappa shape index (κ3) is 4.55. The summed E-state index contributed by atoms with van der Waals surface area (Å²) >= 11 is 6.24. The Balaban J connectivity index is 1.71. The summed E-state index contributed by atoms with van der Waals surface area (Å²) in [6.07, 6.45) is 1.47. The molecular weight excluding hydrogens is 474 g/mol. The fourth-order valence-corrected chi connectivity index (χ4v) is 4.41. The average Bonchev–Trinajstić information content (AvgIpc) is 3.43. The number of hydrogen-bond donors (Lipinski definition) is 0. The predicted octanol–water partition coefficient (Wildman–Crippen LogP) is 6.34. The largest absolute Gasteiger partial charge is 0.459 e. The normalized spacial score (nSPS) is 12.0. The molecule has 0 bridgehead atoms. The lowest BCUT2D eigenvalue weighted by Crippen LogP contribution is -2.37. The van der Waals surface area contributed by atoms with Crippen LogP contribution in [0.2, 0.25) is 5.02 Å². The van der Waals surface area contributed by atoms with Crippen LogP contribution < -0.4 is 5.56 Å². The van der Waals surface area contributed by atoms with Crippen LogP contribution in [-0.2, 0) is 6.54 Å². The van der Waals surface area contributed by atoms with Crippen molar-refractivity contribution in [2.75, 3.05) is 0 Å². The molecule has 1 amide bonds. The molecule has 5 aromatic rings. The Morgan fingerprint density at radius 1 is 1.03 bits per heavy atom. The third-order valence-electron chi connectivity index (χ3n) is 6.18. The Morgan fingerprint density at radius 3 is 2.47 bits per heavy atom. The fraction of sp³-hybridized carbons (Fsp3) is 0.138. The van der Waals surface area contributed by atoms with Gasteiger partial charge in [-0.15, -0.1) is 0 Å². The van der Waals surface area contributed by atoms with Crippen molar-refractivity contribution in [2.24, 2.45) is 0 Å². The van der Waals surface area contributed by atoms with Gasteiger partial charge in [0.05, 0.1) is 28.9 Å². The Hall–Kier alpha value is -4.16. The number of halogens is 1. The van der Waals surface area contributed by atoms with E-state index in [9.17, 15) is 9.59 Å². The summed E-state index contributed by atoms with van der Waals surface area (Å²) in [7, 11) is 0. The summed E-state index contributed by atoms with van der Waals surface area (Å²) < 4.78 is 7.02. The number of carbonyl (C=O) groups excluding carboxylic acids is 1. The minimum atomic E-state index is -0.583. The van der Waals surface area contributed by atoms with Gasteiger partial charge in [0.2, 0.25) is 0 Å². The van der Waals surface area contributed by atoms with Gasteiger partial charge in [-0.25, -0.2) is 4.98 Å². The monoisotopic (exact) mass is 497 g/mol. The quantitative estimate of drug-likeness (QED) is 0.274. The van der Waals surface area contributed by atoms with Gasteiger partial charge in [0, 0.05) is 11.6 Å². The van der Waals surface area contributed by atoms with Crippen LogP contribution in [0, 0.1) is 6.92 Å². The predicted molar refractivity (Wildman–Crippen MR) is 141 cm³/mol. The highest BCUT2D eigenvalue weighted by atomic mass is 35.5. The first kappa shape index (κ1) is 23.6. The summed E-state index contributed by atoms with van der Waals surface area (Å²) in [6, 6.07) is 25.1. The maximum atomic E-state index is 13.8. The Morgan fingerprint density at radius 2 is 1.78 bits per heavy atom. The number of fused-ring (bicyclic) bond motifs is 1. The van der Waals surface area contributed by atoms with E-state index in [1.54, 1.807) is 39.8 Å². The van der Waals surface area contributed by atoms with Crippen molar-refractivity contribution < 1.29 is 9.21 Å². The Kier molecular flexibility index (Phi) is 6.44. The van der Waals surface area contributed by atoms with Crippen molar-refractivity contribution in [3.8, 4) is 5.69 Å². The fourth-order valence-electron chi connectivity index (χ4n) is 4.25. The van der Waals surface area contributed by atoms with Gasteiger partial charge in [0.25, 0.3) is 11.5 Å². The molecular formula is C29H24ClN3O3. The molecule has 6 nitrogen and oxygen atoms in total. The minimum Gasteiger partial charge on any atom is -0.459 e. The zero-order valence-corrected chi connectivity index (χ0v) is 20.6.